The Hall–Kier alpha value is -1.09. The molecule has 2 nitrogen and oxygen atoms in total. The molecular weight excluding hydrogens is 229 g/mol. The van der Waals surface area contributed by atoms with Crippen molar-refractivity contribution in [2.24, 2.45) is 0 Å². The summed E-state index contributed by atoms with van der Waals surface area (Å²) in [6.07, 6.45) is 1.05. The molecule has 0 heterocycles. The summed E-state index contributed by atoms with van der Waals surface area (Å²) in [4.78, 5) is 11.1. The lowest BCUT2D eigenvalue weighted by atomic mass is 10.1. The molecule has 0 aliphatic carbocycles. The van der Waals surface area contributed by atoms with Crippen LogP contribution in [-0.2, 0) is 11.2 Å². The molecule has 0 saturated heterocycles. The van der Waals surface area contributed by atoms with Gasteiger partial charge in [0.1, 0.15) is 5.82 Å². The van der Waals surface area contributed by atoms with Crippen LogP contribution < -0.4 is 5.32 Å². The minimum Gasteiger partial charge on any atom is -0.356 e. The highest BCUT2D eigenvalue weighted by Gasteiger charge is 2.02. The number of amides is 1. The number of halogens is 2. The molecule has 1 N–H and O–H groups in total. The monoisotopic (exact) mass is 243 g/mol. The maximum absolute atomic E-state index is 12.8. The predicted octanol–water partition coefficient (Wildman–Crippen LogP) is 2.42. The lowest BCUT2D eigenvalue weighted by molar-refractivity contribution is -0.120. The van der Waals surface area contributed by atoms with Crippen LogP contribution in [0, 0.1) is 12.7 Å². The lowest BCUT2D eigenvalue weighted by Gasteiger charge is -2.07. The first-order chi connectivity index (χ1) is 7.63. The molecule has 0 atom stereocenters. The van der Waals surface area contributed by atoms with E-state index in [0.717, 1.165) is 11.1 Å². The van der Waals surface area contributed by atoms with Crippen LogP contribution in [-0.4, -0.2) is 18.3 Å². The van der Waals surface area contributed by atoms with E-state index in [0.29, 0.717) is 25.3 Å². The van der Waals surface area contributed by atoms with Crippen molar-refractivity contribution in [3.05, 3.63) is 35.1 Å². The Morgan fingerprint density at radius 3 is 2.88 bits per heavy atom. The summed E-state index contributed by atoms with van der Waals surface area (Å²) in [6.45, 7) is 2.42. The van der Waals surface area contributed by atoms with Gasteiger partial charge in [-0.05, 0) is 36.6 Å². The third-order valence-electron chi connectivity index (χ3n) is 2.34. The number of nitrogens with one attached hydrogen (secondary N) is 1. The Morgan fingerprint density at radius 1 is 1.50 bits per heavy atom. The fourth-order valence-corrected chi connectivity index (χ4v) is 1.62. The average Bonchev–Trinajstić information content (AvgIpc) is 2.22. The Labute approximate surface area is 99.8 Å². The number of benzene rings is 1. The summed E-state index contributed by atoms with van der Waals surface area (Å²) >= 11 is 5.43. The molecule has 0 bridgehead atoms. The maximum Gasteiger partial charge on any atom is 0.221 e. The molecule has 0 aromatic heterocycles. The minimum absolute atomic E-state index is 0.0465. The van der Waals surface area contributed by atoms with E-state index >= 15 is 0 Å². The first-order valence-corrected chi connectivity index (χ1v) is 5.74. The molecule has 0 radical (unpaired) electrons. The van der Waals surface area contributed by atoms with Crippen LogP contribution in [0.4, 0.5) is 4.39 Å². The summed E-state index contributed by atoms with van der Waals surface area (Å²) in [6, 6.07) is 4.68. The Bertz CT molecular complexity index is 368. The van der Waals surface area contributed by atoms with Crippen molar-refractivity contribution in [1.82, 2.24) is 5.32 Å². The van der Waals surface area contributed by atoms with E-state index < -0.39 is 0 Å². The van der Waals surface area contributed by atoms with Crippen LogP contribution in [0.3, 0.4) is 0 Å². The zero-order valence-electron chi connectivity index (χ0n) is 9.22. The van der Waals surface area contributed by atoms with Crippen molar-refractivity contribution >= 4 is 17.5 Å². The number of rotatable bonds is 5. The quantitative estimate of drug-likeness (QED) is 0.791. The van der Waals surface area contributed by atoms with Crippen LogP contribution in [0.25, 0.3) is 0 Å². The van der Waals surface area contributed by atoms with Gasteiger partial charge in [-0.15, -0.1) is 11.6 Å². The summed E-state index contributed by atoms with van der Waals surface area (Å²) < 4.78 is 12.8. The highest BCUT2D eigenvalue weighted by atomic mass is 35.5. The molecule has 1 rings (SSSR count). The standard InChI is InChI=1S/C12H15ClFNO/c1-9-8-11(14)3-2-10(9)5-7-15-12(16)4-6-13/h2-3,8H,4-7H2,1H3,(H,15,16). The molecular formula is C12H15ClFNO. The van der Waals surface area contributed by atoms with Gasteiger partial charge in [0.15, 0.2) is 0 Å². The molecule has 0 fully saturated rings. The normalized spacial score (nSPS) is 10.2. The van der Waals surface area contributed by atoms with Gasteiger partial charge in [-0.25, -0.2) is 4.39 Å². The van der Waals surface area contributed by atoms with Gasteiger partial charge < -0.3 is 5.32 Å². The van der Waals surface area contributed by atoms with Gasteiger partial charge in [-0.1, -0.05) is 6.07 Å². The number of alkyl halides is 1. The number of aryl methyl sites for hydroxylation is 1. The van der Waals surface area contributed by atoms with E-state index in [1.54, 1.807) is 6.07 Å². The summed E-state index contributed by atoms with van der Waals surface area (Å²) in [5.41, 5.74) is 1.96. The Balaban J connectivity index is 2.40. The zero-order valence-corrected chi connectivity index (χ0v) is 9.98. The van der Waals surface area contributed by atoms with E-state index in [2.05, 4.69) is 5.32 Å². The Morgan fingerprint density at radius 2 is 2.25 bits per heavy atom. The van der Waals surface area contributed by atoms with Crippen LogP contribution in [0.15, 0.2) is 18.2 Å². The topological polar surface area (TPSA) is 29.1 Å². The van der Waals surface area contributed by atoms with Gasteiger partial charge in [0.2, 0.25) is 5.91 Å². The molecule has 4 heteroatoms. The van der Waals surface area contributed by atoms with Crippen molar-refractivity contribution in [1.29, 1.82) is 0 Å². The number of carbonyl (C=O) groups excluding carboxylic acids is 1. The highest BCUT2D eigenvalue weighted by Crippen LogP contribution is 2.10. The van der Waals surface area contributed by atoms with E-state index in [4.69, 9.17) is 11.6 Å². The predicted molar refractivity (Wildman–Crippen MR) is 63.2 cm³/mol. The summed E-state index contributed by atoms with van der Waals surface area (Å²) in [5, 5.41) is 2.76. The Kier molecular flexibility index (Phi) is 5.26. The second-order valence-corrected chi connectivity index (χ2v) is 3.99. The maximum atomic E-state index is 12.8. The summed E-state index contributed by atoms with van der Waals surface area (Å²) in [5.74, 6) is 0.0590. The van der Waals surface area contributed by atoms with Gasteiger partial charge in [0.05, 0.1) is 0 Å². The van der Waals surface area contributed by atoms with Crippen LogP contribution >= 0.6 is 11.6 Å². The van der Waals surface area contributed by atoms with Crippen LogP contribution in [0.2, 0.25) is 0 Å². The lowest BCUT2D eigenvalue weighted by Crippen LogP contribution is -2.25. The number of hydrogen-bond acceptors (Lipinski definition) is 1. The van der Waals surface area contributed by atoms with E-state index in [1.165, 1.54) is 12.1 Å². The van der Waals surface area contributed by atoms with Gasteiger partial charge in [-0.3, -0.25) is 4.79 Å². The fourth-order valence-electron chi connectivity index (χ4n) is 1.45. The molecule has 1 aromatic rings. The average molecular weight is 244 g/mol. The molecule has 0 saturated carbocycles. The van der Waals surface area contributed by atoms with Gasteiger partial charge in [0.25, 0.3) is 0 Å². The number of carbonyl (C=O) groups is 1. The second-order valence-electron chi connectivity index (χ2n) is 3.61. The first kappa shape index (κ1) is 13.0. The molecule has 0 aliphatic rings. The van der Waals surface area contributed by atoms with Crippen molar-refractivity contribution in [2.75, 3.05) is 12.4 Å². The fraction of sp³-hybridized carbons (Fsp3) is 0.417. The molecule has 1 amide bonds. The van der Waals surface area contributed by atoms with E-state index in [9.17, 15) is 9.18 Å². The van der Waals surface area contributed by atoms with Crippen molar-refractivity contribution in [3.63, 3.8) is 0 Å². The molecule has 1 aromatic carbocycles. The molecule has 0 spiro atoms. The third kappa shape index (κ3) is 4.19. The van der Waals surface area contributed by atoms with Crippen molar-refractivity contribution in [3.8, 4) is 0 Å². The summed E-state index contributed by atoms with van der Waals surface area (Å²) in [7, 11) is 0. The van der Waals surface area contributed by atoms with Crippen molar-refractivity contribution < 1.29 is 9.18 Å². The number of hydrogen-bond donors (Lipinski definition) is 1. The first-order valence-electron chi connectivity index (χ1n) is 5.21. The SMILES string of the molecule is Cc1cc(F)ccc1CCNC(=O)CCCl. The van der Waals surface area contributed by atoms with Crippen molar-refractivity contribution in [2.45, 2.75) is 19.8 Å². The smallest absolute Gasteiger partial charge is 0.221 e. The van der Waals surface area contributed by atoms with E-state index in [-0.39, 0.29) is 11.7 Å². The van der Waals surface area contributed by atoms with Gasteiger partial charge in [-0.2, -0.15) is 0 Å². The van der Waals surface area contributed by atoms with Gasteiger partial charge >= 0.3 is 0 Å². The second kappa shape index (κ2) is 6.48. The van der Waals surface area contributed by atoms with Crippen LogP contribution in [0.1, 0.15) is 17.5 Å². The highest BCUT2D eigenvalue weighted by molar-refractivity contribution is 6.18. The molecule has 0 unspecified atom stereocenters. The van der Waals surface area contributed by atoms with Gasteiger partial charge in [0, 0.05) is 18.8 Å². The molecule has 88 valence electrons. The molecule has 0 aliphatic heterocycles. The third-order valence-corrected chi connectivity index (χ3v) is 2.53. The largest absolute Gasteiger partial charge is 0.356 e. The van der Waals surface area contributed by atoms with E-state index in [1.807, 2.05) is 6.92 Å². The zero-order chi connectivity index (χ0) is 12.0. The molecule has 16 heavy (non-hydrogen) atoms. The van der Waals surface area contributed by atoms with Crippen LogP contribution in [0.5, 0.6) is 0 Å². The minimum atomic E-state index is -0.229.